The Morgan fingerprint density at radius 2 is 1.97 bits per heavy atom. The first-order chi connectivity index (χ1) is 14.1. The van der Waals surface area contributed by atoms with Crippen molar-refractivity contribution in [1.29, 1.82) is 0 Å². The molecule has 4 rings (SSSR count). The third kappa shape index (κ3) is 4.46. The molecule has 2 heterocycles. The Kier molecular flexibility index (Phi) is 5.57. The van der Waals surface area contributed by atoms with Crippen molar-refractivity contribution < 1.29 is 14.0 Å². The molecule has 0 saturated carbocycles. The molecular weight excluding hydrogens is 368 g/mol. The van der Waals surface area contributed by atoms with Crippen molar-refractivity contribution in [3.63, 3.8) is 0 Å². The lowest BCUT2D eigenvalue weighted by molar-refractivity contribution is -0.117. The molecule has 1 fully saturated rings. The number of amides is 2. The average Bonchev–Trinajstić information content (AvgIpc) is 3.18. The molecule has 1 aliphatic heterocycles. The second-order valence-electron chi connectivity index (χ2n) is 7.30. The Labute approximate surface area is 169 Å². The maximum Gasteiger partial charge on any atom is 0.251 e. The van der Waals surface area contributed by atoms with Gasteiger partial charge in [-0.1, -0.05) is 12.1 Å². The highest BCUT2D eigenvalue weighted by atomic mass is 16.3. The monoisotopic (exact) mass is 392 g/mol. The quantitative estimate of drug-likeness (QED) is 0.697. The summed E-state index contributed by atoms with van der Waals surface area (Å²) in [4.78, 5) is 30.8. The first-order valence-corrected chi connectivity index (χ1v) is 9.82. The zero-order valence-electron chi connectivity index (χ0n) is 16.4. The van der Waals surface area contributed by atoms with Gasteiger partial charge in [0.25, 0.3) is 5.91 Å². The molecule has 1 atom stereocenters. The molecule has 2 aromatic carbocycles. The normalized spacial score (nSPS) is 17.2. The van der Waals surface area contributed by atoms with Crippen LogP contribution in [0, 0.1) is 0 Å². The minimum absolute atomic E-state index is 0.0732. The number of hydrogen-bond donors (Lipinski definition) is 2. The van der Waals surface area contributed by atoms with E-state index in [1.807, 2.05) is 24.3 Å². The van der Waals surface area contributed by atoms with Crippen molar-refractivity contribution in [3.8, 4) is 0 Å². The van der Waals surface area contributed by atoms with Crippen LogP contribution in [0.3, 0.4) is 0 Å². The van der Waals surface area contributed by atoms with E-state index in [0.717, 1.165) is 42.9 Å². The number of aromatic nitrogens is 1. The van der Waals surface area contributed by atoms with E-state index in [9.17, 15) is 9.59 Å². The molecule has 150 valence electrons. The Hall–Kier alpha value is -3.19. The summed E-state index contributed by atoms with van der Waals surface area (Å²) in [6.07, 6.45) is 2.00. The van der Waals surface area contributed by atoms with Crippen molar-refractivity contribution in [2.75, 3.05) is 32.0 Å². The summed E-state index contributed by atoms with van der Waals surface area (Å²) in [5.74, 6) is 0.717. The van der Waals surface area contributed by atoms with E-state index in [1.54, 1.807) is 31.3 Å². The average molecular weight is 392 g/mol. The van der Waals surface area contributed by atoms with E-state index in [0.29, 0.717) is 17.8 Å². The third-order valence-corrected chi connectivity index (χ3v) is 5.19. The molecule has 1 aromatic heterocycles. The van der Waals surface area contributed by atoms with Crippen LogP contribution in [0.5, 0.6) is 0 Å². The fourth-order valence-corrected chi connectivity index (χ4v) is 3.72. The Morgan fingerprint density at radius 3 is 2.72 bits per heavy atom. The molecule has 7 heteroatoms. The Bertz CT molecular complexity index is 979. The number of carbonyl (C=O) groups is 2. The highest BCUT2D eigenvalue weighted by molar-refractivity contribution is 5.96. The molecule has 1 aliphatic rings. The fourth-order valence-electron chi connectivity index (χ4n) is 3.72. The Morgan fingerprint density at radius 1 is 1.17 bits per heavy atom. The van der Waals surface area contributed by atoms with Crippen molar-refractivity contribution in [1.82, 2.24) is 15.2 Å². The van der Waals surface area contributed by atoms with Gasteiger partial charge >= 0.3 is 0 Å². The highest BCUT2D eigenvalue weighted by Gasteiger charge is 2.26. The number of piperidine rings is 1. The van der Waals surface area contributed by atoms with Crippen LogP contribution in [0.15, 0.2) is 52.9 Å². The second kappa shape index (κ2) is 8.45. The minimum atomic E-state index is -0.151. The number of anilines is 1. The first kappa shape index (κ1) is 19.1. The van der Waals surface area contributed by atoms with Crippen molar-refractivity contribution in [2.45, 2.75) is 18.8 Å². The standard InChI is InChI=1S/C22H24N4O3/c1-23-21(28)15-8-10-17(11-9-15)24-20(27)14-26-12-4-5-16(13-26)22-25-18-6-2-3-7-19(18)29-22/h2-3,6-11,16H,4-5,12-14H2,1H3,(H,23,28)(H,24,27). The SMILES string of the molecule is CNC(=O)c1ccc(NC(=O)CN2CCCC(c3nc4ccccc4o3)C2)cc1. The van der Waals surface area contributed by atoms with Gasteiger partial charge in [-0.15, -0.1) is 0 Å². The summed E-state index contributed by atoms with van der Waals surface area (Å²) in [6.45, 7) is 1.93. The van der Waals surface area contributed by atoms with Gasteiger partial charge in [-0.05, 0) is 55.8 Å². The molecular formula is C22H24N4O3. The van der Waals surface area contributed by atoms with Gasteiger partial charge in [0.2, 0.25) is 5.91 Å². The predicted octanol–water partition coefficient (Wildman–Crippen LogP) is 3.01. The van der Waals surface area contributed by atoms with Crippen LogP contribution in [-0.4, -0.2) is 48.4 Å². The van der Waals surface area contributed by atoms with Crippen LogP contribution in [-0.2, 0) is 4.79 Å². The van der Waals surface area contributed by atoms with Gasteiger partial charge in [0, 0.05) is 30.8 Å². The van der Waals surface area contributed by atoms with E-state index in [1.165, 1.54) is 0 Å². The molecule has 0 aliphatic carbocycles. The zero-order chi connectivity index (χ0) is 20.2. The third-order valence-electron chi connectivity index (χ3n) is 5.19. The maximum absolute atomic E-state index is 12.5. The number of rotatable bonds is 5. The summed E-state index contributed by atoms with van der Waals surface area (Å²) in [6, 6.07) is 14.6. The lowest BCUT2D eigenvalue weighted by atomic mass is 9.98. The van der Waals surface area contributed by atoms with Gasteiger partial charge in [-0.25, -0.2) is 4.98 Å². The van der Waals surface area contributed by atoms with Crippen LogP contribution in [0.1, 0.15) is 35.0 Å². The van der Waals surface area contributed by atoms with Crippen LogP contribution < -0.4 is 10.6 Å². The molecule has 0 spiro atoms. The van der Waals surface area contributed by atoms with E-state index < -0.39 is 0 Å². The maximum atomic E-state index is 12.5. The molecule has 1 saturated heterocycles. The number of para-hydroxylation sites is 2. The first-order valence-electron chi connectivity index (χ1n) is 9.82. The van der Waals surface area contributed by atoms with E-state index in [4.69, 9.17) is 4.42 Å². The molecule has 7 nitrogen and oxygen atoms in total. The largest absolute Gasteiger partial charge is 0.440 e. The number of likely N-dealkylation sites (tertiary alicyclic amines) is 1. The van der Waals surface area contributed by atoms with Gasteiger partial charge in [0.15, 0.2) is 11.5 Å². The number of nitrogens with zero attached hydrogens (tertiary/aromatic N) is 2. The van der Waals surface area contributed by atoms with E-state index >= 15 is 0 Å². The molecule has 0 bridgehead atoms. The van der Waals surface area contributed by atoms with Gasteiger partial charge in [0.1, 0.15) is 5.52 Å². The zero-order valence-corrected chi connectivity index (χ0v) is 16.4. The van der Waals surface area contributed by atoms with Crippen molar-refractivity contribution >= 4 is 28.6 Å². The molecule has 29 heavy (non-hydrogen) atoms. The lowest BCUT2D eigenvalue weighted by Crippen LogP contribution is -2.39. The van der Waals surface area contributed by atoms with Crippen LogP contribution in [0.2, 0.25) is 0 Å². The lowest BCUT2D eigenvalue weighted by Gasteiger charge is -2.30. The minimum Gasteiger partial charge on any atom is -0.440 e. The molecule has 1 unspecified atom stereocenters. The van der Waals surface area contributed by atoms with Gasteiger partial charge in [0.05, 0.1) is 6.54 Å². The van der Waals surface area contributed by atoms with Gasteiger partial charge in [-0.2, -0.15) is 0 Å². The Balaban J connectivity index is 1.35. The summed E-state index contributed by atoms with van der Waals surface area (Å²) in [5, 5.41) is 5.47. The van der Waals surface area contributed by atoms with Crippen LogP contribution in [0.4, 0.5) is 5.69 Å². The number of oxazole rings is 1. The van der Waals surface area contributed by atoms with Crippen molar-refractivity contribution in [3.05, 3.63) is 60.0 Å². The second-order valence-corrected chi connectivity index (χ2v) is 7.30. The molecule has 3 aromatic rings. The smallest absolute Gasteiger partial charge is 0.251 e. The van der Waals surface area contributed by atoms with Gasteiger partial charge in [-0.3, -0.25) is 14.5 Å². The molecule has 2 amide bonds. The topological polar surface area (TPSA) is 87.5 Å². The predicted molar refractivity (Wildman–Crippen MR) is 111 cm³/mol. The van der Waals surface area contributed by atoms with Crippen LogP contribution in [0.25, 0.3) is 11.1 Å². The van der Waals surface area contributed by atoms with Gasteiger partial charge < -0.3 is 15.1 Å². The van der Waals surface area contributed by atoms with Crippen molar-refractivity contribution in [2.24, 2.45) is 0 Å². The van der Waals surface area contributed by atoms with E-state index in [-0.39, 0.29) is 17.7 Å². The van der Waals surface area contributed by atoms with E-state index in [2.05, 4.69) is 20.5 Å². The summed E-state index contributed by atoms with van der Waals surface area (Å²) < 4.78 is 5.93. The fraction of sp³-hybridized carbons (Fsp3) is 0.318. The summed E-state index contributed by atoms with van der Waals surface area (Å²) in [5.41, 5.74) is 2.91. The number of carbonyl (C=O) groups excluding carboxylic acids is 2. The summed E-state index contributed by atoms with van der Waals surface area (Å²) in [7, 11) is 1.59. The van der Waals surface area contributed by atoms with Crippen LogP contribution >= 0.6 is 0 Å². The number of benzene rings is 2. The highest BCUT2D eigenvalue weighted by Crippen LogP contribution is 2.28. The summed E-state index contributed by atoms with van der Waals surface area (Å²) >= 11 is 0. The number of fused-ring (bicyclic) bond motifs is 1. The number of hydrogen-bond acceptors (Lipinski definition) is 5. The number of nitrogens with one attached hydrogen (secondary N) is 2. The molecule has 0 radical (unpaired) electrons. The molecule has 2 N–H and O–H groups in total.